The third kappa shape index (κ3) is 3.75. The number of nitrogens with one attached hydrogen (secondary N) is 1. The largest absolute Gasteiger partial charge is 0.497 e. The van der Waals surface area contributed by atoms with Gasteiger partial charge in [-0.15, -0.1) is 16.4 Å². The number of pyridine rings is 1. The normalized spacial score (nSPS) is 13.2. The second-order valence-electron chi connectivity index (χ2n) is 8.45. The first-order valence-corrected chi connectivity index (χ1v) is 12.2. The Morgan fingerprint density at radius 2 is 2.00 bits per heavy atom. The van der Waals surface area contributed by atoms with Crippen molar-refractivity contribution in [3.63, 3.8) is 0 Å². The number of amides is 1. The van der Waals surface area contributed by atoms with E-state index in [-0.39, 0.29) is 18.1 Å². The lowest BCUT2D eigenvalue weighted by molar-refractivity contribution is -0.116. The third-order valence-electron chi connectivity index (χ3n) is 6.23. The summed E-state index contributed by atoms with van der Waals surface area (Å²) in [5.41, 5.74) is 2.76. The van der Waals surface area contributed by atoms with Crippen LogP contribution in [0.5, 0.6) is 5.75 Å². The van der Waals surface area contributed by atoms with E-state index in [4.69, 9.17) is 9.72 Å². The van der Waals surface area contributed by atoms with Crippen molar-refractivity contribution < 1.29 is 9.53 Å². The van der Waals surface area contributed by atoms with Gasteiger partial charge in [-0.1, -0.05) is 6.07 Å². The topological polar surface area (TPSA) is 103 Å². The van der Waals surface area contributed by atoms with Crippen molar-refractivity contribution in [1.82, 2.24) is 24.1 Å². The molecule has 1 aromatic carbocycles. The smallest absolute Gasteiger partial charge is 0.352 e. The molecule has 0 fully saturated rings. The van der Waals surface area contributed by atoms with Crippen LogP contribution < -0.4 is 15.7 Å². The van der Waals surface area contributed by atoms with Crippen LogP contribution in [0.3, 0.4) is 0 Å². The van der Waals surface area contributed by atoms with Crippen molar-refractivity contribution in [1.29, 1.82) is 0 Å². The zero-order valence-corrected chi connectivity index (χ0v) is 19.8. The Hall–Kier alpha value is -4.05. The molecule has 0 bridgehead atoms. The Labute approximate surface area is 204 Å². The molecule has 0 unspecified atom stereocenters. The van der Waals surface area contributed by atoms with Crippen molar-refractivity contribution >= 4 is 38.8 Å². The van der Waals surface area contributed by atoms with Crippen molar-refractivity contribution in [2.75, 3.05) is 12.4 Å². The van der Waals surface area contributed by atoms with E-state index in [0.717, 1.165) is 41.5 Å². The second kappa shape index (κ2) is 8.62. The molecule has 6 rings (SSSR count). The number of hydrogen-bond acceptors (Lipinski definition) is 7. The van der Waals surface area contributed by atoms with E-state index in [2.05, 4.69) is 15.4 Å². The molecule has 1 amide bonds. The second-order valence-corrected chi connectivity index (χ2v) is 9.53. The first-order chi connectivity index (χ1) is 17.1. The number of nitrogens with zero attached hydrogens (tertiary/aromatic N) is 5. The van der Waals surface area contributed by atoms with Crippen molar-refractivity contribution in [3.8, 4) is 17.1 Å². The van der Waals surface area contributed by atoms with E-state index in [1.165, 1.54) is 19.5 Å². The molecule has 9 nitrogen and oxygen atoms in total. The maximum Gasteiger partial charge on any atom is 0.352 e. The van der Waals surface area contributed by atoms with Crippen LogP contribution in [0, 0.1) is 0 Å². The molecule has 1 aliphatic rings. The third-order valence-corrected chi connectivity index (χ3v) is 7.55. The standard InChI is InChI=1S/C25H22N6O3S/c1-34-17-6-4-5-16(13-17)27-20(32)14-30-24-21(18-7-2-3-8-19(18)35-24)23-28-22(29-31(23)25(30)33)15-9-11-26-12-10-15/h4-6,9-13H,2-3,7-8,14H2,1H3,(H,27,32). The number of methoxy groups -OCH3 is 1. The van der Waals surface area contributed by atoms with Gasteiger partial charge in [0, 0.05) is 34.6 Å². The average molecular weight is 487 g/mol. The summed E-state index contributed by atoms with van der Waals surface area (Å²) in [6.45, 7) is -0.133. The molecule has 0 saturated carbocycles. The highest BCUT2D eigenvalue weighted by atomic mass is 32.1. The Morgan fingerprint density at radius 3 is 2.83 bits per heavy atom. The van der Waals surface area contributed by atoms with Crippen LogP contribution in [0.1, 0.15) is 23.3 Å². The number of rotatable bonds is 5. The summed E-state index contributed by atoms with van der Waals surface area (Å²) in [4.78, 5) is 37.5. The molecule has 0 aliphatic heterocycles. The lowest BCUT2D eigenvalue weighted by atomic mass is 9.97. The van der Waals surface area contributed by atoms with E-state index >= 15 is 0 Å². The monoisotopic (exact) mass is 486 g/mol. The molecular weight excluding hydrogens is 464 g/mol. The molecule has 0 radical (unpaired) electrons. The number of aromatic nitrogens is 5. The molecule has 1 aliphatic carbocycles. The highest BCUT2D eigenvalue weighted by Gasteiger charge is 2.25. The zero-order valence-electron chi connectivity index (χ0n) is 19.0. The van der Waals surface area contributed by atoms with Gasteiger partial charge < -0.3 is 10.1 Å². The minimum atomic E-state index is -0.389. The highest BCUT2D eigenvalue weighted by Crippen LogP contribution is 2.38. The maximum atomic E-state index is 13.6. The van der Waals surface area contributed by atoms with Crippen LogP contribution in [0.2, 0.25) is 0 Å². The molecule has 1 N–H and O–H groups in total. The lowest BCUT2D eigenvalue weighted by Gasteiger charge is -2.11. The molecule has 5 aromatic rings. The van der Waals surface area contributed by atoms with Crippen LogP contribution in [0.25, 0.3) is 27.3 Å². The summed E-state index contributed by atoms with van der Waals surface area (Å²) >= 11 is 1.59. The fraction of sp³-hybridized carbons (Fsp3) is 0.240. The molecular formula is C25H22N6O3S. The summed E-state index contributed by atoms with van der Waals surface area (Å²) in [5, 5.41) is 8.33. The minimum absolute atomic E-state index is 0.133. The Bertz CT molecular complexity index is 1640. The number of benzene rings is 1. The molecule has 35 heavy (non-hydrogen) atoms. The number of hydrogen-bond donors (Lipinski definition) is 1. The summed E-state index contributed by atoms with van der Waals surface area (Å²) in [6, 6.07) is 10.8. The number of ether oxygens (including phenoxy) is 1. The van der Waals surface area contributed by atoms with Gasteiger partial charge >= 0.3 is 5.69 Å². The Kier molecular flexibility index (Phi) is 5.29. The van der Waals surface area contributed by atoms with Crippen molar-refractivity contribution in [2.45, 2.75) is 32.2 Å². The molecule has 176 valence electrons. The van der Waals surface area contributed by atoms with E-state index < -0.39 is 0 Å². The molecule has 0 saturated heterocycles. The summed E-state index contributed by atoms with van der Waals surface area (Å²) in [6.07, 6.45) is 7.44. The van der Waals surface area contributed by atoms with E-state index in [1.54, 1.807) is 55.1 Å². The number of carbonyl (C=O) groups is 1. The molecule has 0 spiro atoms. The predicted molar refractivity (Wildman–Crippen MR) is 134 cm³/mol. The Balaban J connectivity index is 1.49. The summed E-state index contributed by atoms with van der Waals surface area (Å²) in [5.74, 6) is 0.794. The fourth-order valence-electron chi connectivity index (χ4n) is 4.59. The highest BCUT2D eigenvalue weighted by molar-refractivity contribution is 7.19. The first kappa shape index (κ1) is 21.5. The molecule has 4 aromatic heterocycles. The zero-order chi connectivity index (χ0) is 23.9. The van der Waals surface area contributed by atoms with Crippen LogP contribution in [0.15, 0.2) is 53.6 Å². The number of carbonyl (C=O) groups excluding carboxylic acids is 1. The van der Waals surface area contributed by atoms with Crippen molar-refractivity contribution in [3.05, 3.63) is 69.7 Å². The SMILES string of the molecule is COc1cccc(NC(=O)Cn2c(=O)n3nc(-c4ccncc4)nc3c3c4c(sc32)CCCC4)c1. The summed E-state index contributed by atoms with van der Waals surface area (Å²) < 4.78 is 8.09. The van der Waals surface area contributed by atoms with Gasteiger partial charge in [-0.2, -0.15) is 4.52 Å². The number of thiophene rings is 1. The Morgan fingerprint density at radius 1 is 1.17 bits per heavy atom. The predicted octanol–water partition coefficient (Wildman–Crippen LogP) is 3.69. The van der Waals surface area contributed by atoms with Gasteiger partial charge in [-0.3, -0.25) is 14.3 Å². The lowest BCUT2D eigenvalue weighted by Crippen LogP contribution is -2.32. The van der Waals surface area contributed by atoms with E-state index in [9.17, 15) is 9.59 Å². The van der Waals surface area contributed by atoms with Gasteiger partial charge in [0.1, 0.15) is 17.1 Å². The first-order valence-electron chi connectivity index (χ1n) is 11.4. The summed E-state index contributed by atoms with van der Waals surface area (Å²) in [7, 11) is 1.57. The number of aryl methyl sites for hydroxylation is 2. The maximum absolute atomic E-state index is 13.6. The van der Waals surface area contributed by atoms with Gasteiger partial charge in [0.25, 0.3) is 0 Å². The molecule has 10 heteroatoms. The van der Waals surface area contributed by atoms with Gasteiger partial charge in [0.2, 0.25) is 5.91 Å². The van der Waals surface area contributed by atoms with E-state index in [1.807, 2.05) is 12.1 Å². The number of fused-ring (bicyclic) bond motifs is 5. The minimum Gasteiger partial charge on any atom is -0.497 e. The quantitative estimate of drug-likeness (QED) is 0.406. The van der Waals surface area contributed by atoms with Gasteiger partial charge in [0.05, 0.1) is 12.5 Å². The van der Waals surface area contributed by atoms with Crippen LogP contribution in [-0.4, -0.2) is 37.2 Å². The number of anilines is 1. The van der Waals surface area contributed by atoms with Crippen LogP contribution in [0.4, 0.5) is 5.69 Å². The van der Waals surface area contributed by atoms with Gasteiger partial charge in [-0.25, -0.2) is 9.78 Å². The molecule has 4 heterocycles. The average Bonchev–Trinajstić information content (AvgIpc) is 3.49. The van der Waals surface area contributed by atoms with E-state index in [0.29, 0.717) is 22.9 Å². The fourth-order valence-corrected chi connectivity index (χ4v) is 5.96. The van der Waals surface area contributed by atoms with Gasteiger partial charge in [0.15, 0.2) is 11.5 Å². The van der Waals surface area contributed by atoms with Crippen LogP contribution >= 0.6 is 11.3 Å². The van der Waals surface area contributed by atoms with Crippen molar-refractivity contribution in [2.24, 2.45) is 0 Å². The van der Waals surface area contributed by atoms with Crippen LogP contribution in [-0.2, 0) is 24.2 Å². The molecule has 0 atom stereocenters. The van der Waals surface area contributed by atoms with Gasteiger partial charge in [-0.05, 0) is 55.5 Å².